The van der Waals surface area contributed by atoms with Crippen molar-refractivity contribution in [2.75, 3.05) is 6.26 Å². The van der Waals surface area contributed by atoms with E-state index < -0.39 is 12.2 Å². The number of aryl methyl sites for hydroxylation is 1. The van der Waals surface area contributed by atoms with E-state index in [-0.39, 0.29) is 0 Å². The number of aromatic nitrogens is 2. The largest absolute Gasteiger partial charge is 0.432 e. The molecule has 1 aliphatic heterocycles. The van der Waals surface area contributed by atoms with Crippen LogP contribution in [0.2, 0.25) is 5.02 Å². The lowest BCUT2D eigenvalue weighted by molar-refractivity contribution is -0.146. The zero-order chi connectivity index (χ0) is 19.8. The van der Waals surface area contributed by atoms with Crippen LogP contribution in [0.1, 0.15) is 35.8 Å². The Morgan fingerprint density at radius 2 is 2.00 bits per heavy atom. The van der Waals surface area contributed by atoms with Gasteiger partial charge in [0.15, 0.2) is 5.82 Å². The highest BCUT2D eigenvalue weighted by Gasteiger charge is 2.29. The summed E-state index contributed by atoms with van der Waals surface area (Å²) >= 11 is 8.16. The molecule has 0 aliphatic carbocycles. The summed E-state index contributed by atoms with van der Waals surface area (Å²) in [5.41, 5.74) is 4.23. The fraction of sp³-hybridized carbons (Fsp3) is 0.190. The van der Waals surface area contributed by atoms with Crippen molar-refractivity contribution >= 4 is 35.0 Å². The Hall–Kier alpha value is -2.57. The van der Waals surface area contributed by atoms with Gasteiger partial charge >= 0.3 is 5.97 Å². The lowest BCUT2D eigenvalue weighted by Gasteiger charge is -2.15. The van der Waals surface area contributed by atoms with Crippen LogP contribution in [0, 0.1) is 6.92 Å². The summed E-state index contributed by atoms with van der Waals surface area (Å²) in [6, 6.07) is 13.7. The van der Waals surface area contributed by atoms with E-state index in [9.17, 15) is 4.79 Å². The number of hydrogen-bond donors (Lipinski definition) is 0. The molecule has 1 unspecified atom stereocenters. The lowest BCUT2D eigenvalue weighted by atomic mass is 10.0. The molecule has 2 aromatic carbocycles. The fourth-order valence-electron chi connectivity index (χ4n) is 3.32. The first-order valence-corrected chi connectivity index (χ1v) is 10.3. The maximum absolute atomic E-state index is 11.8. The molecule has 0 N–H and O–H groups in total. The Morgan fingerprint density at radius 3 is 2.71 bits per heavy atom. The number of halogens is 1. The van der Waals surface area contributed by atoms with Gasteiger partial charge in [-0.15, -0.1) is 11.8 Å². The summed E-state index contributed by atoms with van der Waals surface area (Å²) in [4.78, 5) is 22.2. The van der Waals surface area contributed by atoms with Gasteiger partial charge < -0.3 is 4.74 Å². The van der Waals surface area contributed by atoms with Gasteiger partial charge in [-0.3, -0.25) is 9.36 Å². The minimum atomic E-state index is -0.859. The number of fused-ring (bicyclic) bond motifs is 3. The van der Waals surface area contributed by atoms with Crippen LogP contribution in [0.25, 0.3) is 5.69 Å². The highest BCUT2D eigenvalue weighted by Crippen LogP contribution is 2.35. The van der Waals surface area contributed by atoms with Gasteiger partial charge in [0.1, 0.15) is 0 Å². The van der Waals surface area contributed by atoms with Gasteiger partial charge in [-0.1, -0.05) is 29.8 Å². The maximum Gasteiger partial charge on any atom is 0.304 e. The van der Waals surface area contributed by atoms with Gasteiger partial charge in [0.05, 0.1) is 11.4 Å². The summed E-state index contributed by atoms with van der Waals surface area (Å²) in [5.74, 6) is 0.142. The van der Waals surface area contributed by atoms with Crippen LogP contribution >= 0.6 is 23.4 Å². The topological polar surface area (TPSA) is 56.5 Å². The highest BCUT2D eigenvalue weighted by atomic mass is 35.5. The second kappa shape index (κ2) is 7.45. The van der Waals surface area contributed by atoms with Crippen molar-refractivity contribution in [3.63, 3.8) is 0 Å². The molecule has 0 spiro atoms. The van der Waals surface area contributed by atoms with Crippen LogP contribution in [0.4, 0.5) is 0 Å². The van der Waals surface area contributed by atoms with Gasteiger partial charge in [0.25, 0.3) is 6.23 Å². The number of carbonyl (C=O) groups is 1. The number of ether oxygens (including phenoxy) is 1. The van der Waals surface area contributed by atoms with Gasteiger partial charge in [0.2, 0.25) is 0 Å². The van der Waals surface area contributed by atoms with E-state index >= 15 is 0 Å². The molecule has 142 valence electrons. The maximum atomic E-state index is 11.8. The molecule has 0 fully saturated rings. The van der Waals surface area contributed by atoms with Crippen molar-refractivity contribution in [3.05, 3.63) is 76.3 Å². The number of benzene rings is 2. The van der Waals surface area contributed by atoms with E-state index in [1.807, 2.05) is 48.1 Å². The van der Waals surface area contributed by atoms with Crippen LogP contribution in [0.3, 0.4) is 0 Å². The molecule has 3 aromatic rings. The Kier molecular flexibility index (Phi) is 5.00. The van der Waals surface area contributed by atoms with E-state index in [0.29, 0.717) is 16.6 Å². The third kappa shape index (κ3) is 3.23. The number of hydrogen-bond acceptors (Lipinski definition) is 5. The van der Waals surface area contributed by atoms with Crippen LogP contribution in [-0.2, 0) is 9.53 Å². The quantitative estimate of drug-likeness (QED) is 0.451. The SMILES string of the molecule is CSc1ccc2c(c1)C(c1ccccc1Cl)=NC(OC(C)=O)c1ncc(C)n1-2. The van der Waals surface area contributed by atoms with Crippen LogP contribution < -0.4 is 0 Å². The molecule has 2 heterocycles. The predicted octanol–water partition coefficient (Wildman–Crippen LogP) is 4.97. The molecule has 0 amide bonds. The Bertz CT molecular complexity index is 1110. The van der Waals surface area contributed by atoms with Gasteiger partial charge in [0, 0.05) is 39.9 Å². The van der Waals surface area contributed by atoms with Crippen molar-refractivity contribution in [3.8, 4) is 5.69 Å². The fourth-order valence-corrected chi connectivity index (χ4v) is 3.98. The molecule has 1 aliphatic rings. The Labute approximate surface area is 172 Å². The smallest absolute Gasteiger partial charge is 0.304 e. The number of esters is 1. The summed E-state index contributed by atoms with van der Waals surface area (Å²) < 4.78 is 7.52. The van der Waals surface area contributed by atoms with Crippen molar-refractivity contribution < 1.29 is 9.53 Å². The highest BCUT2D eigenvalue weighted by molar-refractivity contribution is 7.98. The third-order valence-corrected chi connectivity index (χ3v) is 5.59. The van der Waals surface area contributed by atoms with Crippen molar-refractivity contribution in [2.24, 2.45) is 4.99 Å². The van der Waals surface area contributed by atoms with E-state index in [2.05, 4.69) is 17.1 Å². The zero-order valence-electron chi connectivity index (χ0n) is 15.6. The molecular weight excluding hydrogens is 394 g/mol. The Morgan fingerprint density at radius 1 is 1.21 bits per heavy atom. The van der Waals surface area contributed by atoms with Crippen LogP contribution in [0.15, 0.2) is 58.5 Å². The van der Waals surface area contributed by atoms with E-state index in [1.165, 1.54) is 6.92 Å². The molecule has 7 heteroatoms. The van der Waals surface area contributed by atoms with Gasteiger partial charge in [-0.2, -0.15) is 0 Å². The lowest BCUT2D eigenvalue weighted by Crippen LogP contribution is -2.12. The van der Waals surface area contributed by atoms with E-state index in [0.717, 1.165) is 27.4 Å². The molecule has 0 saturated heterocycles. The monoisotopic (exact) mass is 411 g/mol. The number of aliphatic imine (C=N–C) groups is 1. The molecule has 1 atom stereocenters. The van der Waals surface area contributed by atoms with E-state index in [4.69, 9.17) is 21.3 Å². The average molecular weight is 412 g/mol. The molecule has 0 saturated carbocycles. The number of thioether (sulfide) groups is 1. The van der Waals surface area contributed by atoms with Crippen molar-refractivity contribution in [1.82, 2.24) is 9.55 Å². The summed E-state index contributed by atoms with van der Waals surface area (Å²) in [6.45, 7) is 3.34. The predicted molar refractivity (Wildman–Crippen MR) is 112 cm³/mol. The van der Waals surface area contributed by atoms with Crippen LogP contribution in [-0.4, -0.2) is 27.5 Å². The van der Waals surface area contributed by atoms with E-state index in [1.54, 1.807) is 18.0 Å². The molecular formula is C21H18ClN3O2S. The minimum Gasteiger partial charge on any atom is -0.432 e. The summed E-state index contributed by atoms with van der Waals surface area (Å²) in [5, 5.41) is 0.583. The average Bonchev–Trinajstić information content (AvgIpc) is 3.00. The normalized spacial score (nSPS) is 15.3. The van der Waals surface area contributed by atoms with Gasteiger partial charge in [-0.05, 0) is 37.4 Å². The van der Waals surface area contributed by atoms with Crippen LogP contribution in [0.5, 0.6) is 0 Å². The number of rotatable bonds is 3. The second-order valence-corrected chi connectivity index (χ2v) is 7.68. The standard InChI is InChI=1S/C21H18ClN3O2S/c1-12-11-23-20-21(27-13(2)26)24-19(15-6-4-5-7-17(15)22)16-10-14(28-3)8-9-18(16)25(12)20/h4-11,21H,1-3H3. The third-order valence-electron chi connectivity index (χ3n) is 4.54. The number of nitrogens with zero attached hydrogens (tertiary/aromatic N) is 3. The summed E-state index contributed by atoms with van der Waals surface area (Å²) in [7, 11) is 0. The molecule has 4 rings (SSSR count). The first-order valence-electron chi connectivity index (χ1n) is 8.72. The number of imidazole rings is 1. The molecule has 0 bridgehead atoms. The molecule has 28 heavy (non-hydrogen) atoms. The first-order chi connectivity index (χ1) is 13.5. The van der Waals surface area contributed by atoms with Gasteiger partial charge in [-0.25, -0.2) is 9.98 Å². The first kappa shape index (κ1) is 18.8. The zero-order valence-corrected chi connectivity index (χ0v) is 17.2. The number of carbonyl (C=O) groups excluding carboxylic acids is 1. The van der Waals surface area contributed by atoms with Crippen molar-refractivity contribution in [2.45, 2.75) is 25.0 Å². The second-order valence-electron chi connectivity index (χ2n) is 6.40. The molecule has 0 radical (unpaired) electrons. The molecule has 5 nitrogen and oxygen atoms in total. The summed E-state index contributed by atoms with van der Waals surface area (Å²) in [6.07, 6.45) is 2.93. The van der Waals surface area contributed by atoms with Crippen molar-refractivity contribution in [1.29, 1.82) is 0 Å². The Balaban J connectivity index is 2.06. The minimum absolute atomic E-state index is 0.421. The molecule has 1 aromatic heterocycles.